The highest BCUT2D eigenvalue weighted by atomic mass is 32.2. The Bertz CT molecular complexity index is 678. The van der Waals surface area contributed by atoms with Gasteiger partial charge in [-0.2, -0.15) is 0 Å². The second-order valence-electron chi connectivity index (χ2n) is 3.81. The molecule has 0 amide bonds. The predicted molar refractivity (Wildman–Crippen MR) is 81.3 cm³/mol. The minimum absolute atomic E-state index is 0.0360. The van der Waals surface area contributed by atoms with Gasteiger partial charge in [-0.1, -0.05) is 29.2 Å². The van der Waals surface area contributed by atoms with Crippen LogP contribution in [0.1, 0.15) is 18.1 Å². The van der Waals surface area contributed by atoms with Crippen molar-refractivity contribution >= 4 is 39.6 Å². The Hall–Kier alpha value is -1.45. The molecule has 0 saturated carbocycles. The van der Waals surface area contributed by atoms with Crippen molar-refractivity contribution in [3.8, 4) is 10.8 Å². The number of nitrogens with zero attached hydrogens (tertiary/aromatic N) is 4. The maximum Gasteiger partial charge on any atom is 0.257 e. The fourth-order valence-corrected chi connectivity index (χ4v) is 3.98. The summed E-state index contributed by atoms with van der Waals surface area (Å²) in [5.74, 6) is 1.16. The van der Waals surface area contributed by atoms with Crippen molar-refractivity contribution in [2.45, 2.75) is 16.5 Å². The van der Waals surface area contributed by atoms with E-state index >= 15 is 0 Å². The Morgan fingerprint density at radius 1 is 1.30 bits per heavy atom. The first-order chi connectivity index (χ1) is 9.76. The quantitative estimate of drug-likeness (QED) is 0.719. The Balaban J connectivity index is 1.72. The molecule has 20 heavy (non-hydrogen) atoms. The van der Waals surface area contributed by atoms with Crippen LogP contribution in [-0.2, 0) is 0 Å². The SMILES string of the molecule is CNc1nnc(S[C@@H](C)c2nnc(-c3cccs3)o2)s1. The van der Waals surface area contributed by atoms with Crippen molar-refractivity contribution < 1.29 is 4.42 Å². The molecule has 6 nitrogen and oxygen atoms in total. The highest BCUT2D eigenvalue weighted by Gasteiger charge is 2.18. The van der Waals surface area contributed by atoms with E-state index in [1.807, 2.05) is 31.5 Å². The van der Waals surface area contributed by atoms with Crippen LogP contribution in [0.2, 0.25) is 0 Å². The van der Waals surface area contributed by atoms with Crippen molar-refractivity contribution in [1.82, 2.24) is 20.4 Å². The van der Waals surface area contributed by atoms with E-state index < -0.39 is 0 Å². The molecule has 0 fully saturated rings. The molecule has 0 radical (unpaired) electrons. The van der Waals surface area contributed by atoms with Crippen LogP contribution in [0.3, 0.4) is 0 Å². The van der Waals surface area contributed by atoms with E-state index in [2.05, 4.69) is 25.7 Å². The Morgan fingerprint density at radius 2 is 2.20 bits per heavy atom. The molecular weight excluding hydrogens is 314 g/mol. The lowest BCUT2D eigenvalue weighted by molar-refractivity contribution is 0.510. The number of thioether (sulfide) groups is 1. The molecule has 0 spiro atoms. The maximum atomic E-state index is 5.70. The molecule has 104 valence electrons. The third-order valence-electron chi connectivity index (χ3n) is 2.42. The number of hydrogen-bond donors (Lipinski definition) is 1. The Labute approximate surface area is 127 Å². The molecule has 0 saturated heterocycles. The second-order valence-corrected chi connectivity index (χ2v) is 7.32. The molecule has 0 unspecified atom stereocenters. The van der Waals surface area contributed by atoms with E-state index in [1.54, 1.807) is 23.1 Å². The van der Waals surface area contributed by atoms with Gasteiger partial charge in [0.1, 0.15) is 0 Å². The highest BCUT2D eigenvalue weighted by Crippen LogP contribution is 2.37. The Kier molecular flexibility index (Phi) is 3.99. The molecule has 0 bridgehead atoms. The van der Waals surface area contributed by atoms with Crippen LogP contribution >= 0.6 is 34.4 Å². The summed E-state index contributed by atoms with van der Waals surface area (Å²) < 4.78 is 6.58. The van der Waals surface area contributed by atoms with Gasteiger partial charge in [-0.05, 0) is 18.4 Å². The summed E-state index contributed by atoms with van der Waals surface area (Å²) in [4.78, 5) is 0.981. The van der Waals surface area contributed by atoms with E-state index in [0.29, 0.717) is 11.8 Å². The number of nitrogens with one attached hydrogen (secondary N) is 1. The zero-order chi connectivity index (χ0) is 13.9. The van der Waals surface area contributed by atoms with Crippen LogP contribution in [0.5, 0.6) is 0 Å². The molecule has 3 aromatic heterocycles. The monoisotopic (exact) mass is 325 g/mol. The molecule has 1 atom stereocenters. The topological polar surface area (TPSA) is 76.7 Å². The summed E-state index contributed by atoms with van der Waals surface area (Å²) in [6, 6.07) is 3.92. The number of aromatic nitrogens is 4. The van der Waals surface area contributed by atoms with Gasteiger partial charge in [-0.25, -0.2) is 0 Å². The van der Waals surface area contributed by atoms with Crippen LogP contribution < -0.4 is 5.32 Å². The number of anilines is 1. The van der Waals surface area contributed by atoms with Gasteiger partial charge in [0.2, 0.25) is 11.0 Å². The van der Waals surface area contributed by atoms with E-state index in [-0.39, 0.29) is 5.25 Å². The number of thiophene rings is 1. The maximum absolute atomic E-state index is 5.70. The largest absolute Gasteiger partial charge is 0.419 e. The van der Waals surface area contributed by atoms with E-state index in [9.17, 15) is 0 Å². The molecule has 1 N–H and O–H groups in total. The van der Waals surface area contributed by atoms with Crippen LogP contribution in [0.15, 0.2) is 26.3 Å². The van der Waals surface area contributed by atoms with Gasteiger partial charge in [0.05, 0.1) is 10.1 Å². The summed E-state index contributed by atoms with van der Waals surface area (Å²) in [6.07, 6.45) is 0. The summed E-state index contributed by atoms with van der Waals surface area (Å²) in [7, 11) is 1.82. The average Bonchev–Trinajstić information content (AvgIpc) is 3.19. The minimum atomic E-state index is 0.0360. The van der Waals surface area contributed by atoms with Gasteiger partial charge in [-0.15, -0.1) is 31.7 Å². The van der Waals surface area contributed by atoms with Crippen LogP contribution in [0, 0.1) is 0 Å². The lowest BCUT2D eigenvalue weighted by Gasteiger charge is -2.01. The van der Waals surface area contributed by atoms with Crippen molar-refractivity contribution in [1.29, 1.82) is 0 Å². The first-order valence-corrected chi connectivity index (χ1v) is 8.39. The standard InChI is InChI=1S/C11H11N5OS3/c1-6(19-11-16-15-10(12-2)20-11)8-13-14-9(17-8)7-4-3-5-18-7/h3-6H,1-2H3,(H,12,15)/t6-/m0/s1. The van der Waals surface area contributed by atoms with Crippen LogP contribution in [0.25, 0.3) is 10.8 Å². The molecular formula is C11H11N5OS3. The van der Waals surface area contributed by atoms with E-state index in [0.717, 1.165) is 14.3 Å². The highest BCUT2D eigenvalue weighted by molar-refractivity contribution is 8.01. The third-order valence-corrected chi connectivity index (χ3v) is 5.39. The van der Waals surface area contributed by atoms with Crippen molar-refractivity contribution in [3.05, 3.63) is 23.4 Å². The summed E-state index contributed by atoms with van der Waals surface area (Å²) in [5, 5.41) is 22.1. The zero-order valence-corrected chi connectivity index (χ0v) is 13.2. The molecule has 0 aromatic carbocycles. The second kappa shape index (κ2) is 5.90. The van der Waals surface area contributed by atoms with Gasteiger partial charge >= 0.3 is 0 Å². The fraction of sp³-hybridized carbons (Fsp3) is 0.273. The molecule has 9 heteroatoms. The van der Waals surface area contributed by atoms with Gasteiger partial charge < -0.3 is 9.73 Å². The van der Waals surface area contributed by atoms with Gasteiger partial charge in [-0.3, -0.25) is 0 Å². The van der Waals surface area contributed by atoms with Crippen molar-refractivity contribution in [2.75, 3.05) is 12.4 Å². The lowest BCUT2D eigenvalue weighted by Crippen LogP contribution is -1.88. The Morgan fingerprint density at radius 3 is 2.90 bits per heavy atom. The molecule has 0 aliphatic heterocycles. The molecule has 3 aromatic rings. The first-order valence-electron chi connectivity index (χ1n) is 5.81. The zero-order valence-electron chi connectivity index (χ0n) is 10.7. The van der Waals surface area contributed by atoms with Crippen LogP contribution in [0.4, 0.5) is 5.13 Å². The van der Waals surface area contributed by atoms with Gasteiger partial charge in [0, 0.05) is 7.05 Å². The van der Waals surface area contributed by atoms with Gasteiger partial charge in [0.25, 0.3) is 5.89 Å². The molecule has 0 aliphatic rings. The third kappa shape index (κ3) is 2.84. The predicted octanol–water partition coefficient (Wildman–Crippen LogP) is 3.54. The normalized spacial score (nSPS) is 12.5. The number of hydrogen-bond acceptors (Lipinski definition) is 9. The smallest absolute Gasteiger partial charge is 0.257 e. The lowest BCUT2D eigenvalue weighted by atomic mass is 10.5. The fourth-order valence-electron chi connectivity index (χ4n) is 1.46. The van der Waals surface area contributed by atoms with Crippen LogP contribution in [-0.4, -0.2) is 27.4 Å². The summed E-state index contributed by atoms with van der Waals surface area (Å²) in [6.45, 7) is 2.01. The van der Waals surface area contributed by atoms with Gasteiger partial charge in [0.15, 0.2) is 4.34 Å². The van der Waals surface area contributed by atoms with E-state index in [1.165, 1.54) is 11.3 Å². The average molecular weight is 325 g/mol. The molecule has 3 heterocycles. The minimum Gasteiger partial charge on any atom is -0.419 e. The first kappa shape index (κ1) is 13.5. The summed E-state index contributed by atoms with van der Waals surface area (Å²) >= 11 is 4.64. The molecule has 0 aliphatic carbocycles. The van der Waals surface area contributed by atoms with Crippen molar-refractivity contribution in [2.24, 2.45) is 0 Å². The number of rotatable bonds is 5. The van der Waals surface area contributed by atoms with E-state index in [4.69, 9.17) is 4.42 Å². The van der Waals surface area contributed by atoms with Crippen molar-refractivity contribution in [3.63, 3.8) is 0 Å². The molecule has 3 rings (SSSR count). The summed E-state index contributed by atoms with van der Waals surface area (Å²) in [5.41, 5.74) is 0.